The predicted octanol–water partition coefficient (Wildman–Crippen LogP) is 1.30. The topological polar surface area (TPSA) is 191 Å². The molecule has 250 valence electrons. The maximum atomic E-state index is 13.1. The standard InChI is InChI=1S/C30H39ClO14/c1-12-9-10-19(40-14(3)32)28(8)22(26(44-18(7)36)30(38)13(2)27(37)45-23(30)20(12)31)29(11-39-29)25(43-17(6)35)21(41-15(4)33)24(28)42-16(5)34/h13,19-26,38H,1,9-11H2,2-8H3/t13-,19-,20-,21+,22+,23-,24-,25+,26-,28+,29-,30-/m0/s1. The molecule has 2 aliphatic carbocycles. The number of hydrogen-bond donors (Lipinski definition) is 1. The van der Waals surface area contributed by atoms with Gasteiger partial charge in [0.25, 0.3) is 0 Å². The van der Waals surface area contributed by atoms with Crippen LogP contribution < -0.4 is 0 Å². The van der Waals surface area contributed by atoms with Crippen LogP contribution >= 0.6 is 11.6 Å². The summed E-state index contributed by atoms with van der Waals surface area (Å²) in [6.07, 6.45) is -8.98. The second-order valence-corrected chi connectivity index (χ2v) is 12.9. The van der Waals surface area contributed by atoms with Crippen molar-refractivity contribution in [1.82, 2.24) is 0 Å². The van der Waals surface area contributed by atoms with E-state index in [4.69, 9.17) is 44.8 Å². The highest BCUT2D eigenvalue weighted by Crippen LogP contribution is 2.64. The Labute approximate surface area is 264 Å². The Balaban J connectivity index is 2.14. The summed E-state index contributed by atoms with van der Waals surface area (Å²) >= 11 is 6.81. The van der Waals surface area contributed by atoms with Crippen molar-refractivity contribution in [3.63, 3.8) is 0 Å². The van der Waals surface area contributed by atoms with Crippen LogP contribution in [-0.4, -0.2) is 101 Å². The Morgan fingerprint density at radius 1 is 0.867 bits per heavy atom. The van der Waals surface area contributed by atoms with Gasteiger partial charge in [0.15, 0.2) is 30.0 Å². The van der Waals surface area contributed by atoms with E-state index in [1.54, 1.807) is 6.92 Å². The lowest BCUT2D eigenvalue weighted by Crippen LogP contribution is -2.76. The Bertz CT molecular complexity index is 1290. The first kappa shape index (κ1) is 34.6. The number of aliphatic hydroxyl groups is 1. The zero-order valence-electron chi connectivity index (χ0n) is 26.2. The van der Waals surface area contributed by atoms with Crippen LogP contribution in [0.1, 0.15) is 61.3 Å². The molecule has 0 aromatic heterocycles. The summed E-state index contributed by atoms with van der Waals surface area (Å²) in [6.45, 7) is 12.3. The summed E-state index contributed by atoms with van der Waals surface area (Å²) in [4.78, 5) is 76.4. The largest absolute Gasteiger partial charge is 0.462 e. The molecule has 4 fully saturated rings. The van der Waals surface area contributed by atoms with Gasteiger partial charge >= 0.3 is 35.8 Å². The van der Waals surface area contributed by atoms with E-state index in [9.17, 15) is 33.9 Å². The van der Waals surface area contributed by atoms with E-state index in [1.807, 2.05) is 0 Å². The molecule has 4 aliphatic rings. The zero-order valence-corrected chi connectivity index (χ0v) is 26.9. The van der Waals surface area contributed by atoms with Gasteiger partial charge in [-0.2, -0.15) is 0 Å². The van der Waals surface area contributed by atoms with E-state index < -0.39 is 106 Å². The van der Waals surface area contributed by atoms with Crippen LogP contribution in [0.2, 0.25) is 0 Å². The molecule has 0 radical (unpaired) electrons. The number of carbonyl (C=O) groups excluding carboxylic acids is 6. The van der Waals surface area contributed by atoms with Crippen LogP contribution in [0.15, 0.2) is 12.2 Å². The van der Waals surface area contributed by atoms with Gasteiger partial charge in [0.1, 0.15) is 17.8 Å². The molecule has 45 heavy (non-hydrogen) atoms. The minimum absolute atomic E-state index is 0.00502. The van der Waals surface area contributed by atoms with Gasteiger partial charge in [-0.3, -0.25) is 28.8 Å². The number of epoxide rings is 1. The second kappa shape index (κ2) is 12.2. The first-order valence-corrected chi connectivity index (χ1v) is 15.0. The number of halogens is 1. The number of alkyl halides is 1. The molecule has 1 spiro atoms. The third kappa shape index (κ3) is 5.80. The summed E-state index contributed by atoms with van der Waals surface area (Å²) in [5, 5.41) is 11.5. The van der Waals surface area contributed by atoms with Gasteiger partial charge in [-0.25, -0.2) is 0 Å². The van der Waals surface area contributed by atoms with E-state index in [-0.39, 0.29) is 19.4 Å². The Hall–Kier alpha value is -3.23. The number of fused-ring (bicyclic) bond motifs is 3. The Morgan fingerprint density at radius 2 is 1.36 bits per heavy atom. The van der Waals surface area contributed by atoms with Gasteiger partial charge in [-0.05, 0) is 19.8 Å². The molecule has 1 N–H and O–H groups in total. The van der Waals surface area contributed by atoms with Crippen LogP contribution in [0.5, 0.6) is 0 Å². The highest BCUT2D eigenvalue weighted by atomic mass is 35.5. The van der Waals surface area contributed by atoms with Crippen molar-refractivity contribution in [1.29, 1.82) is 0 Å². The lowest BCUT2D eigenvalue weighted by atomic mass is 9.51. The minimum atomic E-state index is -2.38. The van der Waals surface area contributed by atoms with Gasteiger partial charge in [-0.1, -0.05) is 19.1 Å². The van der Waals surface area contributed by atoms with E-state index in [2.05, 4.69) is 6.58 Å². The number of rotatable bonds is 5. The van der Waals surface area contributed by atoms with E-state index in [0.29, 0.717) is 5.57 Å². The highest BCUT2D eigenvalue weighted by molar-refractivity contribution is 6.23. The SMILES string of the molecule is C=C1CC[C@H](OC(C)=O)[C@@]2(C)[C@@H](OC(C)=O)[C@@H](OC(C)=O)[C@@H](OC(C)=O)[C@]3(CO3)[C@@H]2[C@H](OC(C)=O)[C@]2(O)[C@@H](C)C(=O)O[C@H]2[C@H]1Cl. The number of carbonyl (C=O) groups is 6. The average molecular weight is 659 g/mol. The molecule has 0 aromatic rings. The third-order valence-electron chi connectivity index (χ3n) is 9.44. The summed E-state index contributed by atoms with van der Waals surface area (Å²) in [6, 6.07) is 0. The van der Waals surface area contributed by atoms with Crippen LogP contribution in [-0.2, 0) is 61.9 Å². The predicted molar refractivity (Wildman–Crippen MR) is 150 cm³/mol. The quantitative estimate of drug-likeness (QED) is 0.146. The summed E-state index contributed by atoms with van der Waals surface area (Å²) in [7, 11) is 0. The van der Waals surface area contributed by atoms with Crippen LogP contribution in [0.3, 0.4) is 0 Å². The highest BCUT2D eigenvalue weighted by Gasteiger charge is 2.81. The number of esters is 6. The molecule has 2 heterocycles. The van der Waals surface area contributed by atoms with Gasteiger partial charge in [0, 0.05) is 40.5 Å². The smallest absolute Gasteiger partial charge is 0.312 e. The lowest BCUT2D eigenvalue weighted by molar-refractivity contribution is -0.285. The molecule has 0 amide bonds. The number of hydrogen-bond acceptors (Lipinski definition) is 14. The fraction of sp³-hybridized carbons (Fsp3) is 0.733. The average Bonchev–Trinajstić information content (AvgIpc) is 3.67. The maximum absolute atomic E-state index is 13.1. The van der Waals surface area contributed by atoms with Crippen molar-refractivity contribution < 1.29 is 67.0 Å². The van der Waals surface area contributed by atoms with Gasteiger partial charge in [0.05, 0.1) is 23.3 Å². The molecule has 15 heteroatoms. The van der Waals surface area contributed by atoms with E-state index in [0.717, 1.165) is 34.6 Å². The Morgan fingerprint density at radius 3 is 1.84 bits per heavy atom. The van der Waals surface area contributed by atoms with Crippen molar-refractivity contribution >= 4 is 47.4 Å². The molecule has 2 saturated carbocycles. The first-order valence-electron chi connectivity index (χ1n) is 14.6. The van der Waals surface area contributed by atoms with Crippen LogP contribution in [0.25, 0.3) is 0 Å². The minimum Gasteiger partial charge on any atom is -0.462 e. The Kier molecular flexibility index (Phi) is 9.37. The number of ether oxygens (including phenoxy) is 7. The molecule has 14 nitrogen and oxygen atoms in total. The molecule has 0 unspecified atom stereocenters. The maximum Gasteiger partial charge on any atom is 0.312 e. The zero-order chi connectivity index (χ0) is 33.8. The lowest BCUT2D eigenvalue weighted by Gasteiger charge is -2.59. The third-order valence-corrected chi connectivity index (χ3v) is 9.97. The van der Waals surface area contributed by atoms with Crippen LogP contribution in [0, 0.1) is 17.3 Å². The van der Waals surface area contributed by atoms with Crippen molar-refractivity contribution in [2.45, 2.75) is 115 Å². The van der Waals surface area contributed by atoms with Crippen LogP contribution in [0.4, 0.5) is 0 Å². The second-order valence-electron chi connectivity index (χ2n) is 12.4. The molecular weight excluding hydrogens is 620 g/mol. The molecule has 2 saturated heterocycles. The fourth-order valence-corrected chi connectivity index (χ4v) is 7.89. The van der Waals surface area contributed by atoms with Gasteiger partial charge in [-0.15, -0.1) is 11.6 Å². The molecule has 12 atom stereocenters. The molecular formula is C30H39ClO14. The van der Waals surface area contributed by atoms with E-state index >= 15 is 0 Å². The molecule has 4 rings (SSSR count). The summed E-state index contributed by atoms with van der Waals surface area (Å²) in [5.41, 5.74) is -5.51. The van der Waals surface area contributed by atoms with Crippen molar-refractivity contribution in [3.8, 4) is 0 Å². The normalized spacial score (nSPS) is 42.3. The van der Waals surface area contributed by atoms with Gasteiger partial charge < -0.3 is 38.3 Å². The molecule has 0 aromatic carbocycles. The van der Waals surface area contributed by atoms with E-state index in [1.165, 1.54) is 6.92 Å². The van der Waals surface area contributed by atoms with Crippen molar-refractivity contribution in [2.24, 2.45) is 17.3 Å². The molecule has 2 aliphatic heterocycles. The summed E-state index contributed by atoms with van der Waals surface area (Å²) < 4.78 is 40.7. The monoisotopic (exact) mass is 658 g/mol. The van der Waals surface area contributed by atoms with Gasteiger partial charge in [0.2, 0.25) is 0 Å². The fourth-order valence-electron chi connectivity index (χ4n) is 7.53. The first-order chi connectivity index (χ1) is 20.8. The summed E-state index contributed by atoms with van der Waals surface area (Å²) in [5.74, 6) is -7.69. The van der Waals surface area contributed by atoms with Crippen molar-refractivity contribution in [3.05, 3.63) is 12.2 Å². The van der Waals surface area contributed by atoms with Crippen molar-refractivity contribution in [2.75, 3.05) is 6.61 Å². The molecule has 0 bridgehead atoms.